The number of ether oxygens (including phenoxy) is 4. The van der Waals surface area contributed by atoms with Crippen molar-refractivity contribution in [3.63, 3.8) is 0 Å². The topological polar surface area (TPSA) is 121 Å². The standard InChI is InChI=1S/C33H41FN4O7.C5H12.2C2H6.K/c1-21-9-10-38(19-21)33(41)24-15-29(43-5)31(17-26(24)36-34)45-12-8-6-7-11-44-30-16-25(23(20-39)14-28(30)42-4)35-32(40)27-13-22(2)18-37(27)3;1-3-5-4-2;2*1-2;/h14-17,20,27H,1-2,6-13,18-19H2,3-5H3,(H2,35,36,39,40,41);3-5H2,1-2H3;2*1-2H3;/q;;;;+1/p-1. The molecule has 2 aromatic rings. The molecular weight excluding hydrogens is 731 g/mol. The summed E-state index contributed by atoms with van der Waals surface area (Å²) in [6.45, 7) is 22.6. The summed E-state index contributed by atoms with van der Waals surface area (Å²) >= 11 is 0. The normalized spacial score (nSPS) is 14.4. The van der Waals surface area contributed by atoms with E-state index in [-0.39, 0.29) is 85.7 Å². The maximum atomic E-state index is 13.7. The first-order valence-electron chi connectivity index (χ1n) is 19.2. The monoisotopic (exact) mass is 794 g/mol. The summed E-state index contributed by atoms with van der Waals surface area (Å²) in [5.41, 5.74) is 4.13. The smallest absolute Gasteiger partial charge is 0.625 e. The van der Waals surface area contributed by atoms with E-state index < -0.39 is 6.04 Å². The van der Waals surface area contributed by atoms with Gasteiger partial charge >= 0.3 is 51.4 Å². The molecule has 13 heteroatoms. The minimum absolute atomic E-state index is 0. The molecule has 2 saturated heterocycles. The molecule has 1 atom stereocenters. The van der Waals surface area contributed by atoms with Crippen molar-refractivity contribution in [2.75, 3.05) is 59.7 Å². The summed E-state index contributed by atoms with van der Waals surface area (Å²) in [7, 11) is 4.77. The Bertz CT molecular complexity index is 1500. The number of unbranched alkanes of at least 4 members (excludes halogenated alkanes) is 4. The van der Waals surface area contributed by atoms with Crippen LogP contribution in [0.5, 0.6) is 23.0 Å². The Morgan fingerprint density at radius 1 is 0.873 bits per heavy atom. The molecule has 4 rings (SSSR count). The minimum Gasteiger partial charge on any atom is -0.625 e. The molecule has 0 radical (unpaired) electrons. The molecule has 302 valence electrons. The van der Waals surface area contributed by atoms with Crippen LogP contribution in [0.25, 0.3) is 5.32 Å². The molecule has 2 aromatic carbocycles. The molecular formula is C42H64FKN4O7. The van der Waals surface area contributed by atoms with Gasteiger partial charge in [-0.05, 0) is 57.4 Å². The van der Waals surface area contributed by atoms with Gasteiger partial charge in [-0.25, -0.2) is 5.54 Å². The molecule has 0 aromatic heterocycles. The van der Waals surface area contributed by atoms with Crippen LogP contribution in [-0.4, -0.2) is 88.1 Å². The van der Waals surface area contributed by atoms with E-state index in [1.165, 1.54) is 51.7 Å². The second-order valence-electron chi connectivity index (χ2n) is 12.5. The predicted molar refractivity (Wildman–Crippen MR) is 217 cm³/mol. The summed E-state index contributed by atoms with van der Waals surface area (Å²) in [5, 5.41) is 4.23. The van der Waals surface area contributed by atoms with Crippen molar-refractivity contribution in [1.82, 2.24) is 9.80 Å². The van der Waals surface area contributed by atoms with Gasteiger partial charge in [-0.2, -0.15) is 0 Å². The third kappa shape index (κ3) is 16.6. The van der Waals surface area contributed by atoms with Crippen molar-refractivity contribution in [2.45, 2.75) is 99.0 Å². The molecule has 1 N–H and O–H groups in total. The zero-order valence-electron chi connectivity index (χ0n) is 35.1. The largest absolute Gasteiger partial charge is 1.00 e. The molecule has 2 amide bonds. The molecule has 55 heavy (non-hydrogen) atoms. The van der Waals surface area contributed by atoms with Gasteiger partial charge < -0.3 is 34.0 Å². The van der Waals surface area contributed by atoms with Gasteiger partial charge in [0.1, 0.15) is 6.29 Å². The number of carbonyl (C=O) groups is 3. The van der Waals surface area contributed by atoms with Gasteiger partial charge in [0.05, 0.1) is 50.6 Å². The summed E-state index contributed by atoms with van der Waals surface area (Å²) in [5.74, 6) is 0.721. The van der Waals surface area contributed by atoms with Crippen LogP contribution in [0.2, 0.25) is 0 Å². The molecule has 2 aliphatic heterocycles. The molecule has 1 unspecified atom stereocenters. The Morgan fingerprint density at radius 2 is 1.45 bits per heavy atom. The fourth-order valence-electron chi connectivity index (χ4n) is 5.71. The van der Waals surface area contributed by atoms with Crippen LogP contribution in [0.3, 0.4) is 0 Å². The third-order valence-corrected chi connectivity index (χ3v) is 8.53. The SMILES string of the molecule is C=C1CCN(C(=O)c2cc(OC)c(OCCCCCOc3cc([N-]C(=O)C4CC(=C)CN4C)c(C=O)cc3OC)cc2NF)C1.CC.CC.CCCCC.[K+]. The number of amides is 2. The summed E-state index contributed by atoms with van der Waals surface area (Å²) in [6, 6.07) is 5.54. The number of aldehydes is 1. The van der Waals surface area contributed by atoms with Crippen molar-refractivity contribution < 1.29 is 89.2 Å². The average molecular weight is 795 g/mol. The third-order valence-electron chi connectivity index (χ3n) is 8.53. The number of benzene rings is 2. The quantitative estimate of drug-likeness (QED) is 0.0601. The van der Waals surface area contributed by atoms with Gasteiger partial charge in [-0.15, -0.1) is 10.2 Å². The van der Waals surface area contributed by atoms with E-state index in [0.717, 1.165) is 24.0 Å². The van der Waals surface area contributed by atoms with Gasteiger partial charge in [-0.1, -0.05) is 85.1 Å². The minimum atomic E-state index is -0.415. The van der Waals surface area contributed by atoms with E-state index in [0.29, 0.717) is 81.4 Å². The van der Waals surface area contributed by atoms with Crippen LogP contribution in [-0.2, 0) is 4.79 Å². The van der Waals surface area contributed by atoms with Crippen molar-refractivity contribution in [1.29, 1.82) is 0 Å². The van der Waals surface area contributed by atoms with Crippen LogP contribution in [0.1, 0.15) is 114 Å². The Hall–Kier alpha value is -2.94. The van der Waals surface area contributed by atoms with E-state index in [9.17, 15) is 18.9 Å². The van der Waals surface area contributed by atoms with Crippen LogP contribution >= 0.6 is 0 Å². The zero-order chi connectivity index (χ0) is 40.6. The van der Waals surface area contributed by atoms with E-state index in [1.807, 2.05) is 39.6 Å². The van der Waals surface area contributed by atoms with Crippen LogP contribution < -0.4 is 75.9 Å². The summed E-state index contributed by atoms with van der Waals surface area (Å²) < 4.78 is 36.3. The van der Waals surface area contributed by atoms with Crippen LogP contribution in [0.4, 0.5) is 15.9 Å². The molecule has 2 aliphatic rings. The number of hydrogen-bond donors (Lipinski definition) is 1. The number of nitrogens with zero attached hydrogens (tertiary/aromatic N) is 3. The molecule has 0 saturated carbocycles. The van der Waals surface area contributed by atoms with Crippen molar-refractivity contribution in [3.05, 3.63) is 65.0 Å². The molecule has 0 bridgehead atoms. The van der Waals surface area contributed by atoms with E-state index >= 15 is 0 Å². The zero-order valence-corrected chi connectivity index (χ0v) is 38.3. The van der Waals surface area contributed by atoms with Gasteiger partial charge in [0.15, 0.2) is 23.0 Å². The van der Waals surface area contributed by atoms with Crippen molar-refractivity contribution in [2.24, 2.45) is 0 Å². The maximum Gasteiger partial charge on any atom is 1.00 e. The van der Waals surface area contributed by atoms with E-state index in [4.69, 9.17) is 18.9 Å². The average Bonchev–Trinajstić information content (AvgIpc) is 3.79. The van der Waals surface area contributed by atoms with Crippen molar-refractivity contribution in [3.8, 4) is 23.0 Å². The Balaban J connectivity index is 0.00000266. The second-order valence-corrected chi connectivity index (χ2v) is 12.5. The summed E-state index contributed by atoms with van der Waals surface area (Å²) in [4.78, 5) is 41.0. The fraction of sp³-hybridized carbons (Fsp3) is 0.548. The molecule has 2 fully saturated rings. The number of nitrogens with one attached hydrogen (secondary N) is 1. The molecule has 0 aliphatic carbocycles. The number of rotatable bonds is 17. The number of halogens is 1. The molecule has 2 heterocycles. The van der Waals surface area contributed by atoms with E-state index in [1.54, 1.807) is 16.5 Å². The number of likely N-dealkylation sites (N-methyl/N-ethyl adjacent to an activating group) is 1. The van der Waals surface area contributed by atoms with Crippen molar-refractivity contribution >= 4 is 29.5 Å². The van der Waals surface area contributed by atoms with Crippen LogP contribution in [0.15, 0.2) is 48.6 Å². The number of hydrogen-bond acceptors (Lipinski definition) is 9. The maximum absolute atomic E-state index is 13.7. The first-order valence-corrected chi connectivity index (χ1v) is 19.2. The number of anilines is 1. The summed E-state index contributed by atoms with van der Waals surface area (Å²) in [6.07, 6.45) is 8.04. The number of likely N-dealkylation sites (tertiary alicyclic amines) is 2. The van der Waals surface area contributed by atoms with Crippen LogP contribution in [0, 0.1) is 0 Å². The van der Waals surface area contributed by atoms with Gasteiger partial charge in [0.25, 0.3) is 5.91 Å². The Kier molecular flexibility index (Phi) is 27.7. The van der Waals surface area contributed by atoms with E-state index in [2.05, 4.69) is 32.3 Å². The first-order chi connectivity index (χ1) is 26.1. The fourth-order valence-corrected chi connectivity index (χ4v) is 5.71. The Labute approximate surface area is 372 Å². The second kappa shape index (κ2) is 29.3. The molecule has 0 spiro atoms. The Morgan fingerprint density at radius 3 is 1.91 bits per heavy atom. The molecule has 11 nitrogen and oxygen atoms in total. The van der Waals surface area contributed by atoms with Gasteiger partial charge in [0, 0.05) is 31.3 Å². The predicted octanol–water partition coefficient (Wildman–Crippen LogP) is 6.89. The first kappa shape index (κ1) is 52.1. The number of carbonyl (C=O) groups excluding carboxylic acids is 3. The number of methoxy groups -OCH3 is 2. The van der Waals surface area contributed by atoms with Gasteiger partial charge in [-0.3, -0.25) is 14.5 Å². The van der Waals surface area contributed by atoms with Gasteiger partial charge in [0.2, 0.25) is 0 Å².